The van der Waals surface area contributed by atoms with E-state index >= 15 is 0 Å². The molecule has 1 amide bonds. The minimum Gasteiger partial charge on any atom is -0.484 e. The van der Waals surface area contributed by atoms with Crippen molar-refractivity contribution in [3.63, 3.8) is 0 Å². The number of halogens is 1. The van der Waals surface area contributed by atoms with Gasteiger partial charge in [-0.05, 0) is 44.5 Å². The first-order chi connectivity index (χ1) is 13.3. The summed E-state index contributed by atoms with van der Waals surface area (Å²) >= 11 is 0. The van der Waals surface area contributed by atoms with Crippen molar-refractivity contribution in [3.05, 3.63) is 75.8 Å². The Morgan fingerprint density at radius 3 is 2.64 bits per heavy atom. The summed E-state index contributed by atoms with van der Waals surface area (Å²) in [6, 6.07) is 13.3. The van der Waals surface area contributed by atoms with Crippen LogP contribution in [0.25, 0.3) is 10.9 Å². The molecule has 0 saturated heterocycles. The van der Waals surface area contributed by atoms with Crippen LogP contribution in [0, 0.1) is 12.7 Å². The Balaban J connectivity index is 1.97. The zero-order chi connectivity index (χ0) is 20.3. The van der Waals surface area contributed by atoms with Gasteiger partial charge in [0.25, 0.3) is 11.5 Å². The van der Waals surface area contributed by atoms with Crippen molar-refractivity contribution in [2.45, 2.75) is 33.4 Å². The third-order valence-corrected chi connectivity index (χ3v) is 4.40. The number of nitrogens with one attached hydrogen (secondary N) is 1. The van der Waals surface area contributed by atoms with Gasteiger partial charge in [0.1, 0.15) is 11.6 Å². The minimum atomic E-state index is -0.360. The monoisotopic (exact) mass is 382 g/mol. The molecule has 1 aromatic heterocycles. The largest absolute Gasteiger partial charge is 0.484 e. The maximum Gasteiger partial charge on any atom is 0.258 e. The number of ether oxygens (including phenoxy) is 1. The third kappa shape index (κ3) is 4.39. The fourth-order valence-corrected chi connectivity index (χ4v) is 3.09. The highest BCUT2D eigenvalue weighted by Crippen LogP contribution is 2.23. The highest BCUT2D eigenvalue weighted by atomic mass is 19.1. The number of pyridine rings is 1. The van der Waals surface area contributed by atoms with E-state index in [1.54, 1.807) is 36.4 Å². The van der Waals surface area contributed by atoms with Crippen LogP contribution in [0.5, 0.6) is 5.75 Å². The molecule has 2 aromatic carbocycles. The summed E-state index contributed by atoms with van der Waals surface area (Å²) in [5.41, 5.74) is 1.67. The smallest absolute Gasteiger partial charge is 0.258 e. The molecule has 6 heteroatoms. The number of hydrogen-bond acceptors (Lipinski definition) is 3. The lowest BCUT2D eigenvalue weighted by molar-refractivity contribution is -0.123. The van der Waals surface area contributed by atoms with E-state index in [-0.39, 0.29) is 36.5 Å². The highest BCUT2D eigenvalue weighted by molar-refractivity contribution is 5.84. The molecule has 1 heterocycles. The first kappa shape index (κ1) is 19.6. The average Bonchev–Trinajstić information content (AvgIpc) is 2.64. The Hall–Kier alpha value is -3.15. The summed E-state index contributed by atoms with van der Waals surface area (Å²) < 4.78 is 21.2. The van der Waals surface area contributed by atoms with Crippen molar-refractivity contribution in [3.8, 4) is 5.75 Å². The molecule has 28 heavy (non-hydrogen) atoms. The molecule has 0 saturated carbocycles. The van der Waals surface area contributed by atoms with Crippen LogP contribution in [0.1, 0.15) is 25.0 Å². The Morgan fingerprint density at radius 1 is 1.18 bits per heavy atom. The van der Waals surface area contributed by atoms with Crippen LogP contribution >= 0.6 is 0 Å². The normalized spacial score (nSPS) is 11.0. The summed E-state index contributed by atoms with van der Waals surface area (Å²) in [5.74, 6) is -0.109. The van der Waals surface area contributed by atoms with E-state index in [9.17, 15) is 14.0 Å². The van der Waals surface area contributed by atoms with Crippen molar-refractivity contribution in [1.29, 1.82) is 0 Å². The second-order valence-electron chi connectivity index (χ2n) is 7.03. The van der Waals surface area contributed by atoms with Crippen molar-refractivity contribution in [1.82, 2.24) is 9.88 Å². The van der Waals surface area contributed by atoms with Crippen LogP contribution in [-0.2, 0) is 11.3 Å². The number of fused-ring (bicyclic) bond motifs is 1. The maximum absolute atomic E-state index is 14.1. The molecule has 0 aliphatic heterocycles. The van der Waals surface area contributed by atoms with Crippen molar-refractivity contribution < 1.29 is 13.9 Å². The van der Waals surface area contributed by atoms with Gasteiger partial charge >= 0.3 is 0 Å². The van der Waals surface area contributed by atoms with Crippen LogP contribution in [0.4, 0.5) is 4.39 Å². The molecule has 0 radical (unpaired) electrons. The number of aryl methyl sites for hydroxylation is 1. The molecule has 0 spiro atoms. The number of amides is 1. The van der Waals surface area contributed by atoms with Gasteiger partial charge in [-0.15, -0.1) is 0 Å². The summed E-state index contributed by atoms with van der Waals surface area (Å²) in [6.07, 6.45) is 0. The number of rotatable bonds is 6. The SMILES string of the molecule is Cc1cc(=O)n(Cc2ccccc2F)c2cc(OCC(=O)NC(C)C)ccc12. The number of hydrogen-bond donors (Lipinski definition) is 1. The molecule has 3 rings (SSSR count). The predicted octanol–water partition coefficient (Wildman–Crippen LogP) is 3.40. The number of aromatic nitrogens is 1. The van der Waals surface area contributed by atoms with Crippen LogP contribution < -0.4 is 15.6 Å². The third-order valence-electron chi connectivity index (χ3n) is 4.40. The van der Waals surface area contributed by atoms with E-state index < -0.39 is 0 Å². The lowest BCUT2D eigenvalue weighted by Crippen LogP contribution is -2.34. The number of carbonyl (C=O) groups is 1. The fourth-order valence-electron chi connectivity index (χ4n) is 3.09. The lowest BCUT2D eigenvalue weighted by Gasteiger charge is -2.15. The van der Waals surface area contributed by atoms with Gasteiger partial charge in [-0.25, -0.2) is 4.39 Å². The second kappa shape index (κ2) is 8.25. The van der Waals surface area contributed by atoms with Gasteiger partial charge in [0, 0.05) is 29.1 Å². The van der Waals surface area contributed by atoms with E-state index in [1.807, 2.05) is 26.8 Å². The Bertz CT molecular complexity index is 1070. The first-order valence-corrected chi connectivity index (χ1v) is 9.15. The van der Waals surface area contributed by atoms with Crippen LogP contribution in [0.3, 0.4) is 0 Å². The molecule has 0 fully saturated rings. The van der Waals surface area contributed by atoms with Crippen LogP contribution in [0.15, 0.2) is 53.3 Å². The predicted molar refractivity (Wildman–Crippen MR) is 107 cm³/mol. The standard InChI is InChI=1S/C22H23FN2O3/c1-14(2)24-21(26)13-28-17-8-9-18-15(3)10-22(27)25(20(18)11-17)12-16-6-4-5-7-19(16)23/h4-11,14H,12-13H2,1-3H3,(H,24,26). The van der Waals surface area contributed by atoms with E-state index in [4.69, 9.17) is 4.74 Å². The van der Waals surface area contributed by atoms with Gasteiger partial charge in [0.15, 0.2) is 6.61 Å². The lowest BCUT2D eigenvalue weighted by atomic mass is 10.1. The first-order valence-electron chi connectivity index (χ1n) is 9.15. The molecular formula is C22H23FN2O3. The summed E-state index contributed by atoms with van der Waals surface area (Å²) in [6.45, 7) is 5.59. The van der Waals surface area contributed by atoms with E-state index in [0.717, 1.165) is 10.9 Å². The Labute approximate surface area is 162 Å². The van der Waals surface area contributed by atoms with E-state index in [2.05, 4.69) is 5.32 Å². The zero-order valence-corrected chi connectivity index (χ0v) is 16.2. The minimum absolute atomic E-state index is 0.0290. The summed E-state index contributed by atoms with van der Waals surface area (Å²) in [5, 5.41) is 3.63. The van der Waals surface area contributed by atoms with E-state index in [0.29, 0.717) is 16.8 Å². The zero-order valence-electron chi connectivity index (χ0n) is 16.2. The maximum atomic E-state index is 14.1. The van der Waals surface area contributed by atoms with E-state index in [1.165, 1.54) is 10.6 Å². The van der Waals surface area contributed by atoms with Crippen LogP contribution in [-0.4, -0.2) is 23.1 Å². The van der Waals surface area contributed by atoms with Gasteiger partial charge in [-0.2, -0.15) is 0 Å². The molecule has 0 atom stereocenters. The van der Waals surface area contributed by atoms with Gasteiger partial charge in [-0.1, -0.05) is 18.2 Å². The Morgan fingerprint density at radius 2 is 1.93 bits per heavy atom. The molecule has 0 bridgehead atoms. The van der Waals surface area contributed by atoms with Gasteiger partial charge < -0.3 is 14.6 Å². The summed E-state index contributed by atoms with van der Waals surface area (Å²) in [4.78, 5) is 24.4. The van der Waals surface area contributed by atoms with Gasteiger partial charge in [-0.3, -0.25) is 9.59 Å². The average molecular weight is 382 g/mol. The van der Waals surface area contributed by atoms with Crippen molar-refractivity contribution in [2.24, 2.45) is 0 Å². The second-order valence-corrected chi connectivity index (χ2v) is 7.03. The molecule has 1 N–H and O–H groups in total. The molecular weight excluding hydrogens is 359 g/mol. The Kier molecular flexibility index (Phi) is 5.78. The molecule has 3 aromatic rings. The van der Waals surface area contributed by atoms with Gasteiger partial charge in [0.05, 0.1) is 12.1 Å². The molecule has 5 nitrogen and oxygen atoms in total. The number of nitrogens with zero attached hydrogens (tertiary/aromatic N) is 1. The number of benzene rings is 2. The van der Waals surface area contributed by atoms with Crippen molar-refractivity contribution >= 4 is 16.8 Å². The van der Waals surface area contributed by atoms with Gasteiger partial charge in [0.2, 0.25) is 0 Å². The highest BCUT2D eigenvalue weighted by Gasteiger charge is 2.11. The van der Waals surface area contributed by atoms with Crippen molar-refractivity contribution in [2.75, 3.05) is 6.61 Å². The molecule has 146 valence electrons. The molecule has 0 unspecified atom stereocenters. The molecule has 0 aliphatic carbocycles. The number of carbonyl (C=O) groups excluding carboxylic acids is 1. The quantitative estimate of drug-likeness (QED) is 0.711. The fraction of sp³-hybridized carbons (Fsp3) is 0.273. The van der Waals surface area contributed by atoms with Crippen LogP contribution in [0.2, 0.25) is 0 Å². The molecule has 0 aliphatic rings. The summed E-state index contributed by atoms with van der Waals surface area (Å²) in [7, 11) is 0. The topological polar surface area (TPSA) is 60.3 Å².